The Morgan fingerprint density at radius 2 is 1.96 bits per heavy atom. The Kier molecular flexibility index (Phi) is 6.27. The Balaban J connectivity index is 1.44. The number of carbonyl (C=O) groups excluding carboxylic acids is 1. The molecule has 0 aliphatic heterocycles. The molecule has 6 heteroatoms. The van der Waals surface area contributed by atoms with Crippen LogP contribution in [0.4, 0.5) is 11.8 Å². The number of carbonyl (C=O) groups is 1. The second kappa shape index (κ2) is 8.84. The summed E-state index contributed by atoms with van der Waals surface area (Å²) in [7, 11) is 3.95. The molecule has 1 heterocycles. The fourth-order valence-electron chi connectivity index (χ4n) is 3.49. The molecule has 1 aromatic heterocycles. The molecular formula is C21H29N5O. The van der Waals surface area contributed by atoms with Crippen LogP contribution in [0.3, 0.4) is 0 Å². The summed E-state index contributed by atoms with van der Waals surface area (Å²) in [4.78, 5) is 23.1. The number of benzene rings is 1. The summed E-state index contributed by atoms with van der Waals surface area (Å²) in [6.07, 6.45) is 6.12. The molecule has 3 rings (SSSR count). The highest BCUT2D eigenvalue weighted by atomic mass is 16.1. The zero-order valence-corrected chi connectivity index (χ0v) is 16.4. The van der Waals surface area contributed by atoms with Crippen molar-refractivity contribution in [1.29, 1.82) is 0 Å². The molecule has 0 unspecified atom stereocenters. The minimum absolute atomic E-state index is 0.0212. The summed E-state index contributed by atoms with van der Waals surface area (Å²) in [6, 6.07) is 10.0. The molecule has 1 aliphatic carbocycles. The molecule has 1 aromatic carbocycles. The minimum Gasteiger partial charge on any atom is -0.363 e. The van der Waals surface area contributed by atoms with Crippen molar-refractivity contribution >= 4 is 17.7 Å². The van der Waals surface area contributed by atoms with Crippen molar-refractivity contribution < 1.29 is 4.79 Å². The summed E-state index contributed by atoms with van der Waals surface area (Å²) in [5, 5.41) is 6.55. The smallest absolute Gasteiger partial charge is 0.251 e. The first kappa shape index (κ1) is 19.1. The lowest BCUT2D eigenvalue weighted by Crippen LogP contribution is -2.34. The summed E-state index contributed by atoms with van der Waals surface area (Å²) in [5.41, 5.74) is 1.85. The Hall–Kier alpha value is -2.63. The van der Waals surface area contributed by atoms with Crippen molar-refractivity contribution in [2.45, 2.75) is 38.6 Å². The van der Waals surface area contributed by atoms with Gasteiger partial charge in [0.15, 0.2) is 0 Å². The van der Waals surface area contributed by atoms with Gasteiger partial charge < -0.3 is 15.5 Å². The highest BCUT2D eigenvalue weighted by Crippen LogP contribution is 2.26. The van der Waals surface area contributed by atoms with Crippen LogP contribution in [0.2, 0.25) is 0 Å². The van der Waals surface area contributed by atoms with Crippen LogP contribution in [0.25, 0.3) is 0 Å². The van der Waals surface area contributed by atoms with Crippen molar-refractivity contribution in [1.82, 2.24) is 15.3 Å². The van der Waals surface area contributed by atoms with Crippen LogP contribution in [0, 0.1) is 12.8 Å². The van der Waals surface area contributed by atoms with Gasteiger partial charge in [-0.2, -0.15) is 4.98 Å². The Labute approximate surface area is 161 Å². The zero-order valence-electron chi connectivity index (χ0n) is 16.4. The number of rotatable bonds is 6. The predicted octanol–water partition coefficient (Wildman–Crippen LogP) is 3.25. The largest absolute Gasteiger partial charge is 0.363 e. The van der Waals surface area contributed by atoms with Crippen LogP contribution < -0.4 is 15.5 Å². The van der Waals surface area contributed by atoms with Gasteiger partial charge in [0.25, 0.3) is 5.91 Å². The average molecular weight is 367 g/mol. The maximum atomic E-state index is 12.3. The second-order valence-electron chi connectivity index (χ2n) is 7.57. The number of aromatic nitrogens is 2. The first-order chi connectivity index (χ1) is 13.0. The van der Waals surface area contributed by atoms with Crippen molar-refractivity contribution in [3.63, 3.8) is 0 Å². The number of amides is 1. The van der Waals surface area contributed by atoms with Crippen LogP contribution in [-0.2, 0) is 0 Å². The van der Waals surface area contributed by atoms with Crippen LogP contribution in [0.5, 0.6) is 0 Å². The van der Waals surface area contributed by atoms with Gasteiger partial charge in [0.1, 0.15) is 5.82 Å². The number of hydrogen-bond acceptors (Lipinski definition) is 5. The standard InChI is InChI=1S/C21H29N5O/c1-15-5-4-6-17(13-15)20(27)23-14-16-7-9-18(10-8-16)24-21-22-12-11-19(25-21)26(2)3/h4-6,11-13,16,18H,7-10,14H2,1-3H3,(H,23,27)(H,22,24,25). The van der Waals surface area contributed by atoms with E-state index in [9.17, 15) is 4.79 Å². The molecule has 27 heavy (non-hydrogen) atoms. The molecule has 0 spiro atoms. The molecule has 0 atom stereocenters. The lowest BCUT2D eigenvalue weighted by atomic mass is 9.86. The maximum Gasteiger partial charge on any atom is 0.251 e. The monoisotopic (exact) mass is 367 g/mol. The van der Waals surface area contributed by atoms with Gasteiger partial charge in [-0.05, 0) is 56.7 Å². The van der Waals surface area contributed by atoms with E-state index in [0.717, 1.165) is 49.2 Å². The van der Waals surface area contributed by atoms with E-state index in [1.807, 2.05) is 56.3 Å². The molecule has 6 nitrogen and oxygen atoms in total. The Bertz CT molecular complexity index is 769. The van der Waals surface area contributed by atoms with Crippen molar-refractivity contribution in [3.05, 3.63) is 47.7 Å². The summed E-state index contributed by atoms with van der Waals surface area (Å²) >= 11 is 0. The lowest BCUT2D eigenvalue weighted by molar-refractivity contribution is 0.0943. The predicted molar refractivity (Wildman–Crippen MR) is 109 cm³/mol. The molecule has 144 valence electrons. The highest BCUT2D eigenvalue weighted by molar-refractivity contribution is 5.94. The van der Waals surface area contributed by atoms with Gasteiger partial charge in [0.05, 0.1) is 0 Å². The molecular weight excluding hydrogens is 338 g/mol. The number of hydrogen-bond donors (Lipinski definition) is 2. The molecule has 0 saturated heterocycles. The SMILES string of the molecule is Cc1cccc(C(=O)NCC2CCC(Nc3nccc(N(C)C)n3)CC2)c1. The third kappa shape index (κ3) is 5.42. The molecule has 0 bridgehead atoms. The number of aryl methyl sites for hydroxylation is 1. The van der Waals surface area contributed by atoms with Gasteiger partial charge in [-0.1, -0.05) is 17.7 Å². The van der Waals surface area contributed by atoms with E-state index < -0.39 is 0 Å². The fourth-order valence-corrected chi connectivity index (χ4v) is 3.49. The van der Waals surface area contributed by atoms with Gasteiger partial charge in [-0.3, -0.25) is 4.79 Å². The quantitative estimate of drug-likeness (QED) is 0.820. The van der Waals surface area contributed by atoms with E-state index in [2.05, 4.69) is 20.6 Å². The molecule has 1 saturated carbocycles. The minimum atomic E-state index is 0.0212. The maximum absolute atomic E-state index is 12.3. The van der Waals surface area contributed by atoms with E-state index in [-0.39, 0.29) is 5.91 Å². The molecule has 0 radical (unpaired) electrons. The molecule has 1 aliphatic rings. The van der Waals surface area contributed by atoms with Gasteiger partial charge in [0.2, 0.25) is 5.95 Å². The Morgan fingerprint density at radius 1 is 1.19 bits per heavy atom. The van der Waals surface area contributed by atoms with E-state index in [1.54, 1.807) is 6.20 Å². The Morgan fingerprint density at radius 3 is 2.67 bits per heavy atom. The third-order valence-corrected chi connectivity index (χ3v) is 5.11. The lowest BCUT2D eigenvalue weighted by Gasteiger charge is -2.29. The van der Waals surface area contributed by atoms with E-state index >= 15 is 0 Å². The van der Waals surface area contributed by atoms with Crippen LogP contribution in [0.15, 0.2) is 36.5 Å². The number of nitrogens with zero attached hydrogens (tertiary/aromatic N) is 3. The molecule has 2 N–H and O–H groups in total. The first-order valence-corrected chi connectivity index (χ1v) is 9.63. The van der Waals surface area contributed by atoms with Crippen LogP contribution >= 0.6 is 0 Å². The number of anilines is 2. The van der Waals surface area contributed by atoms with Gasteiger partial charge in [0, 0.05) is 38.4 Å². The summed E-state index contributed by atoms with van der Waals surface area (Å²) < 4.78 is 0. The molecule has 1 fully saturated rings. The molecule has 2 aromatic rings. The summed E-state index contributed by atoms with van der Waals surface area (Å²) in [5.74, 6) is 2.15. The van der Waals surface area contributed by atoms with Crippen LogP contribution in [-0.4, -0.2) is 42.6 Å². The van der Waals surface area contributed by atoms with Gasteiger partial charge in [-0.15, -0.1) is 0 Å². The topological polar surface area (TPSA) is 70.2 Å². The molecule has 1 amide bonds. The van der Waals surface area contributed by atoms with E-state index in [4.69, 9.17) is 0 Å². The van der Waals surface area contributed by atoms with E-state index in [0.29, 0.717) is 17.9 Å². The zero-order chi connectivity index (χ0) is 19.2. The fraction of sp³-hybridized carbons (Fsp3) is 0.476. The van der Waals surface area contributed by atoms with Crippen LogP contribution in [0.1, 0.15) is 41.6 Å². The third-order valence-electron chi connectivity index (χ3n) is 5.11. The van der Waals surface area contributed by atoms with E-state index in [1.165, 1.54) is 0 Å². The normalized spacial score (nSPS) is 19.4. The first-order valence-electron chi connectivity index (χ1n) is 9.63. The summed E-state index contributed by atoms with van der Waals surface area (Å²) in [6.45, 7) is 2.75. The van der Waals surface area contributed by atoms with Crippen molar-refractivity contribution in [2.75, 3.05) is 30.9 Å². The average Bonchev–Trinajstić information content (AvgIpc) is 2.67. The highest BCUT2D eigenvalue weighted by Gasteiger charge is 2.22. The second-order valence-corrected chi connectivity index (χ2v) is 7.57. The van der Waals surface area contributed by atoms with Gasteiger partial charge in [-0.25, -0.2) is 4.98 Å². The van der Waals surface area contributed by atoms with Crippen molar-refractivity contribution in [3.8, 4) is 0 Å². The van der Waals surface area contributed by atoms with Crippen molar-refractivity contribution in [2.24, 2.45) is 5.92 Å². The number of nitrogens with one attached hydrogen (secondary N) is 2. The van der Waals surface area contributed by atoms with Gasteiger partial charge >= 0.3 is 0 Å².